The van der Waals surface area contributed by atoms with Gasteiger partial charge in [0.1, 0.15) is 0 Å². The van der Waals surface area contributed by atoms with Crippen molar-refractivity contribution in [2.45, 2.75) is 57.8 Å². The van der Waals surface area contributed by atoms with Gasteiger partial charge in [-0.15, -0.1) is 0 Å². The molecule has 404 valence electrons. The third-order valence-electron chi connectivity index (χ3n) is 19.0. The Kier molecular flexibility index (Phi) is 12.0. The maximum atomic E-state index is 2.62. The van der Waals surface area contributed by atoms with E-state index in [9.17, 15) is 0 Å². The number of nitrogens with zero attached hydrogens (tertiary/aromatic N) is 1. The van der Waals surface area contributed by atoms with Gasteiger partial charge in [-0.1, -0.05) is 302 Å². The minimum absolute atomic E-state index is 0.0525. The molecule has 0 bridgehead atoms. The van der Waals surface area contributed by atoms with Crippen LogP contribution in [0.15, 0.2) is 297 Å². The molecule has 0 atom stereocenters. The molecule has 0 N–H and O–H groups in total. The number of fused-ring (bicyclic) bond motifs is 9. The lowest BCUT2D eigenvalue weighted by atomic mass is 9.67. The van der Waals surface area contributed by atoms with E-state index in [1.807, 2.05) is 0 Å². The molecule has 2 aliphatic heterocycles. The maximum absolute atomic E-state index is 3.09. The average Bonchev–Trinajstić information content (AvgIpc) is 1.94. The molecule has 0 spiro atoms. The molecule has 0 aromatic heterocycles. The van der Waals surface area contributed by atoms with Crippen molar-refractivity contribution < 1.29 is 0 Å². The van der Waals surface area contributed by atoms with E-state index in [1.165, 1.54) is 108 Å². The summed E-state index contributed by atoms with van der Waals surface area (Å²) in [6.45, 7) is 14.2. The number of hydrogen-bond acceptors (Lipinski definition) is 1. The predicted octanol–water partition coefficient (Wildman–Crippen LogP) is 14.8. The van der Waals surface area contributed by atoms with Gasteiger partial charge in [-0.05, 0) is 155 Å². The van der Waals surface area contributed by atoms with Gasteiger partial charge >= 0.3 is 0 Å². The van der Waals surface area contributed by atoms with Crippen LogP contribution in [-0.4, -0.2) is 16.1 Å². The van der Waals surface area contributed by atoms with Crippen LogP contribution in [0.2, 0.25) is 0 Å². The molecular formula is C81H67NSi2. The second-order valence-corrected chi connectivity index (χ2v) is 33.0. The number of hydrogen-bond donors (Lipinski definition) is 0. The standard InChI is InChI=1S/C81H67NSi2/c1-79(2,3)58-43-47-70-71-48-44-59(80(4,5)6)52-77(71)84(76(70)51-58,65-36-20-11-21-37-65)66-38-26-31-60(53-66)82(61-45-49-68-67-39-22-24-41-73(67)81(74(68)54-61,56-27-12-7-13-28-56)57-29-14-8-15-30-57)62-46-50-72-69-40-23-25-42-75(69)83(78(72)55-62,63-32-16-9-17-33-63)64-34-18-10-19-35-64/h7-55H,1-6H3. The normalized spacial score (nSPS) is 14.6. The fourth-order valence-corrected chi connectivity index (χ4v) is 25.7. The van der Waals surface area contributed by atoms with Crippen LogP contribution in [0.25, 0.3) is 33.4 Å². The van der Waals surface area contributed by atoms with Gasteiger partial charge in [0.05, 0.1) is 5.41 Å². The molecule has 1 nitrogen and oxygen atoms in total. The molecule has 15 rings (SSSR count). The largest absolute Gasteiger partial charge is 0.311 e. The molecule has 12 aromatic rings. The van der Waals surface area contributed by atoms with E-state index in [0.29, 0.717) is 0 Å². The highest BCUT2D eigenvalue weighted by molar-refractivity contribution is 7.23. The summed E-state index contributed by atoms with van der Waals surface area (Å²) >= 11 is 0. The van der Waals surface area contributed by atoms with Crippen LogP contribution in [-0.2, 0) is 16.2 Å². The second-order valence-electron chi connectivity index (χ2n) is 25.5. The van der Waals surface area contributed by atoms with Gasteiger partial charge in [-0.3, -0.25) is 0 Å². The zero-order valence-corrected chi connectivity index (χ0v) is 50.7. The Labute approximate surface area is 498 Å². The highest BCUT2D eigenvalue weighted by atomic mass is 28.3. The molecule has 1 aliphatic carbocycles. The Morgan fingerprint density at radius 1 is 0.262 bits per heavy atom. The fraction of sp³-hybridized carbons (Fsp3) is 0.111. The summed E-state index contributed by atoms with van der Waals surface area (Å²) in [7, 11) is -5.99. The lowest BCUT2D eigenvalue weighted by Crippen LogP contribution is -2.73. The molecule has 0 amide bonds. The van der Waals surface area contributed by atoms with Crippen LogP contribution in [0.3, 0.4) is 0 Å². The number of benzene rings is 12. The minimum Gasteiger partial charge on any atom is -0.311 e. The highest BCUT2D eigenvalue weighted by Crippen LogP contribution is 2.57. The van der Waals surface area contributed by atoms with E-state index in [2.05, 4.69) is 344 Å². The van der Waals surface area contributed by atoms with Gasteiger partial charge in [0.15, 0.2) is 16.1 Å². The van der Waals surface area contributed by atoms with Crippen molar-refractivity contribution in [2.24, 2.45) is 0 Å². The number of anilines is 3. The molecule has 0 radical (unpaired) electrons. The Hall–Kier alpha value is -9.13. The summed E-state index contributed by atoms with van der Waals surface area (Å²) in [5.41, 5.74) is 18.4. The van der Waals surface area contributed by atoms with Crippen molar-refractivity contribution in [1.82, 2.24) is 0 Å². The van der Waals surface area contributed by atoms with Crippen LogP contribution in [0.5, 0.6) is 0 Å². The first kappa shape index (κ1) is 51.7. The van der Waals surface area contributed by atoms with Gasteiger partial charge in [0.25, 0.3) is 0 Å². The minimum atomic E-state index is -3.09. The van der Waals surface area contributed by atoms with Gasteiger partial charge in [0, 0.05) is 17.1 Å². The molecule has 12 aromatic carbocycles. The first-order valence-electron chi connectivity index (χ1n) is 29.9. The van der Waals surface area contributed by atoms with Crippen molar-refractivity contribution in [1.29, 1.82) is 0 Å². The summed E-state index contributed by atoms with van der Waals surface area (Å²) in [4.78, 5) is 2.62. The predicted molar refractivity (Wildman–Crippen MR) is 361 cm³/mol. The summed E-state index contributed by atoms with van der Waals surface area (Å²) < 4.78 is 0. The lowest BCUT2D eigenvalue weighted by molar-refractivity contribution is 0.590. The van der Waals surface area contributed by atoms with Crippen LogP contribution in [0.4, 0.5) is 17.1 Å². The van der Waals surface area contributed by atoms with E-state index < -0.39 is 21.6 Å². The first-order chi connectivity index (χ1) is 40.9. The fourth-order valence-electron chi connectivity index (χ4n) is 15.2. The van der Waals surface area contributed by atoms with Crippen LogP contribution >= 0.6 is 0 Å². The molecule has 2 heterocycles. The Morgan fingerprint density at radius 3 is 1.15 bits per heavy atom. The van der Waals surface area contributed by atoms with Crippen molar-refractivity contribution in [3.63, 3.8) is 0 Å². The molecule has 3 aliphatic rings. The summed E-state index contributed by atoms with van der Waals surface area (Å²) in [5, 5.41) is 11.3. The van der Waals surface area contributed by atoms with E-state index in [1.54, 1.807) is 0 Å². The molecule has 0 saturated heterocycles. The SMILES string of the molecule is CC(C)(C)c1ccc2c(c1)[Si](c1ccccc1)(c1cccc(N(c3ccc4c(c3)C(c3ccccc3)(c3ccccc3)c3ccccc3-4)c3ccc4c(c3)[Si](c3ccccc3)(c3ccccc3)c3ccccc3-4)c1)c1cc(C(C)(C)C)ccc1-2. The first-order valence-corrected chi connectivity index (χ1v) is 33.9. The van der Waals surface area contributed by atoms with Gasteiger partial charge < -0.3 is 4.90 Å². The lowest BCUT2D eigenvalue weighted by Gasteiger charge is -2.36. The summed E-state index contributed by atoms with van der Waals surface area (Å²) in [6.07, 6.45) is 0. The van der Waals surface area contributed by atoms with Crippen molar-refractivity contribution in [3.8, 4) is 33.4 Å². The molecule has 3 heteroatoms. The second kappa shape index (κ2) is 19.5. The highest BCUT2D eigenvalue weighted by Gasteiger charge is 2.52. The maximum Gasteiger partial charge on any atom is 0.180 e. The van der Waals surface area contributed by atoms with Gasteiger partial charge in [-0.2, -0.15) is 0 Å². The van der Waals surface area contributed by atoms with Crippen LogP contribution < -0.4 is 46.4 Å². The van der Waals surface area contributed by atoms with Crippen molar-refractivity contribution >= 4 is 74.7 Å². The monoisotopic (exact) mass is 1110 g/mol. The Balaban J connectivity index is 1.05. The molecule has 0 fully saturated rings. The quantitative estimate of drug-likeness (QED) is 0.130. The Bertz CT molecular complexity index is 4170. The molecule has 84 heavy (non-hydrogen) atoms. The van der Waals surface area contributed by atoms with Gasteiger partial charge in [0.2, 0.25) is 0 Å². The molecule has 0 unspecified atom stereocenters. The van der Waals surface area contributed by atoms with Crippen molar-refractivity contribution in [2.75, 3.05) is 4.90 Å². The average molecular weight is 1110 g/mol. The third-order valence-corrected chi connectivity index (χ3v) is 28.7. The van der Waals surface area contributed by atoms with Crippen LogP contribution in [0, 0.1) is 0 Å². The van der Waals surface area contributed by atoms with Crippen LogP contribution in [0.1, 0.15) is 74.9 Å². The zero-order chi connectivity index (χ0) is 57.0. The summed E-state index contributed by atoms with van der Waals surface area (Å²) in [5.74, 6) is 0. The van der Waals surface area contributed by atoms with E-state index in [4.69, 9.17) is 0 Å². The summed E-state index contributed by atoms with van der Waals surface area (Å²) in [6, 6.07) is 115. The third kappa shape index (κ3) is 7.58. The van der Waals surface area contributed by atoms with E-state index in [0.717, 1.165) is 17.1 Å². The Morgan fingerprint density at radius 2 is 0.631 bits per heavy atom. The van der Waals surface area contributed by atoms with Gasteiger partial charge in [-0.25, -0.2) is 0 Å². The molecular weight excluding hydrogens is 1040 g/mol. The van der Waals surface area contributed by atoms with E-state index >= 15 is 0 Å². The zero-order valence-electron chi connectivity index (χ0n) is 48.7. The molecule has 0 saturated carbocycles. The smallest absolute Gasteiger partial charge is 0.180 e. The number of rotatable bonds is 9. The van der Waals surface area contributed by atoms with Crippen molar-refractivity contribution in [3.05, 3.63) is 331 Å². The topological polar surface area (TPSA) is 3.24 Å². The van der Waals surface area contributed by atoms with E-state index in [-0.39, 0.29) is 10.8 Å².